The third-order valence-electron chi connectivity index (χ3n) is 7.24. The molecule has 0 saturated carbocycles. The molecular formula is C36H36Cl2F3N4O14P. The molecule has 18 nitrogen and oxygen atoms in total. The number of benzene rings is 4. The number of nitrogen functional groups attached to an aromatic ring is 1. The summed E-state index contributed by atoms with van der Waals surface area (Å²) in [5, 5.41) is 29.9. The fourth-order valence-corrected chi connectivity index (χ4v) is 5.41. The normalized spacial score (nSPS) is 12.7. The SMILES string of the molecule is CCOC(=O)C(C)OC(=O)c1cc(Oc2ccc(C(F)(F)F)cc2Cl)ccc1[N+](=O)[O-].CP(=O)(O)CCC(N)C(=O)O.Nc1c([N+](=O)[O-])ccc(Oc2ccccc2)c1Cl. The van der Waals surface area contributed by atoms with Crippen molar-refractivity contribution in [3.63, 3.8) is 0 Å². The Bertz CT molecular complexity index is 2230. The van der Waals surface area contributed by atoms with Crippen LogP contribution in [0.1, 0.15) is 36.2 Å². The van der Waals surface area contributed by atoms with Gasteiger partial charge in [-0.15, -0.1) is 0 Å². The first-order chi connectivity index (χ1) is 27.9. The van der Waals surface area contributed by atoms with E-state index in [-0.39, 0.29) is 57.9 Å². The molecule has 0 aliphatic carbocycles. The van der Waals surface area contributed by atoms with E-state index in [9.17, 15) is 52.3 Å². The van der Waals surface area contributed by atoms with Gasteiger partial charge in [0.15, 0.2) is 13.5 Å². The summed E-state index contributed by atoms with van der Waals surface area (Å²) in [7, 11) is -3.10. The molecule has 4 aromatic carbocycles. The van der Waals surface area contributed by atoms with E-state index in [1.807, 2.05) is 6.07 Å². The zero-order valence-corrected chi connectivity index (χ0v) is 33.9. The summed E-state index contributed by atoms with van der Waals surface area (Å²) in [6.07, 6.45) is -5.94. The number of rotatable bonds is 14. The molecule has 3 unspecified atom stereocenters. The Morgan fingerprint density at radius 3 is 1.98 bits per heavy atom. The smallest absolute Gasteiger partial charge is 0.416 e. The number of nitro benzene ring substituents is 2. The molecule has 0 aliphatic heterocycles. The highest BCUT2D eigenvalue weighted by Crippen LogP contribution is 2.40. The summed E-state index contributed by atoms with van der Waals surface area (Å²) in [6, 6.07) is 16.0. The van der Waals surface area contributed by atoms with Crippen molar-refractivity contribution in [3.8, 4) is 23.0 Å². The van der Waals surface area contributed by atoms with Gasteiger partial charge in [0.1, 0.15) is 45.3 Å². The van der Waals surface area contributed by atoms with E-state index in [0.717, 1.165) is 30.3 Å². The van der Waals surface area contributed by atoms with Crippen LogP contribution in [-0.4, -0.2) is 69.3 Å². The third-order valence-corrected chi connectivity index (χ3v) is 9.01. The monoisotopic (exact) mass is 906 g/mol. The highest BCUT2D eigenvalue weighted by molar-refractivity contribution is 7.57. The molecular weight excluding hydrogens is 871 g/mol. The number of alkyl halides is 3. The number of nitrogens with two attached hydrogens (primary N) is 2. The summed E-state index contributed by atoms with van der Waals surface area (Å²) >= 11 is 11.8. The first kappa shape index (κ1) is 50.2. The minimum atomic E-state index is -4.61. The molecule has 4 aromatic rings. The van der Waals surface area contributed by atoms with Crippen molar-refractivity contribution in [2.45, 2.75) is 38.6 Å². The van der Waals surface area contributed by atoms with E-state index < -0.39 is 70.3 Å². The van der Waals surface area contributed by atoms with Gasteiger partial charge in [-0.05, 0) is 62.7 Å². The Labute approximate surface area is 348 Å². The molecule has 0 radical (unpaired) electrons. The van der Waals surface area contributed by atoms with Crippen molar-refractivity contribution < 1.29 is 70.9 Å². The number of hydrogen-bond donors (Lipinski definition) is 4. The Kier molecular flexibility index (Phi) is 18.7. The van der Waals surface area contributed by atoms with Crippen molar-refractivity contribution in [1.82, 2.24) is 0 Å². The number of carboxylic acid groups (broad SMARTS) is 1. The lowest BCUT2D eigenvalue weighted by Gasteiger charge is -2.13. The predicted molar refractivity (Wildman–Crippen MR) is 211 cm³/mol. The second kappa shape index (κ2) is 22.4. The summed E-state index contributed by atoms with van der Waals surface area (Å²) in [5.74, 6) is -2.64. The number of nitrogens with zero attached hydrogens (tertiary/aromatic N) is 2. The fourth-order valence-electron chi connectivity index (χ4n) is 4.24. The fraction of sp³-hybridized carbons (Fsp3) is 0.250. The number of anilines is 1. The number of para-hydroxylation sites is 1. The van der Waals surface area contributed by atoms with E-state index in [0.29, 0.717) is 11.8 Å². The van der Waals surface area contributed by atoms with E-state index in [4.69, 9.17) is 63.6 Å². The number of carbonyl (C=O) groups excluding carboxylic acids is 2. The number of hydrogen-bond acceptors (Lipinski definition) is 14. The minimum absolute atomic E-state index is 0.0352. The number of halogens is 5. The molecule has 6 N–H and O–H groups in total. The van der Waals surface area contributed by atoms with Gasteiger partial charge < -0.3 is 40.4 Å². The molecule has 0 spiro atoms. The van der Waals surface area contributed by atoms with Crippen molar-refractivity contribution in [2.24, 2.45) is 5.73 Å². The second-order valence-electron chi connectivity index (χ2n) is 12.0. The maximum absolute atomic E-state index is 12.8. The average molecular weight is 908 g/mol. The van der Waals surface area contributed by atoms with Crippen LogP contribution in [0.2, 0.25) is 10.0 Å². The van der Waals surface area contributed by atoms with Crippen LogP contribution < -0.4 is 20.9 Å². The number of esters is 2. The standard InChI is InChI=1S/C19H15ClF3NO7.C12H9ClN2O3.C5H12NO4P/c1-3-29-17(25)10(2)30-18(26)13-9-12(5-6-15(13)24(27)28)31-16-7-4-11(8-14(16)20)19(21,22)23;13-11-10(18-8-4-2-1-3-5-8)7-6-9(12(11)14)15(16)17;1-11(9,10)3-2-4(6)5(7)8/h4-10H,3H2,1-2H3;1-7H,14H2;4H,2-3,6H2,1H3,(H,7,8)(H,9,10). The summed E-state index contributed by atoms with van der Waals surface area (Å²) in [5.41, 5.74) is 8.17. The van der Waals surface area contributed by atoms with Crippen LogP contribution in [0.5, 0.6) is 23.0 Å². The van der Waals surface area contributed by atoms with E-state index in [1.165, 1.54) is 25.7 Å². The van der Waals surface area contributed by atoms with Crippen LogP contribution in [-0.2, 0) is 29.8 Å². The van der Waals surface area contributed by atoms with Gasteiger partial charge in [0, 0.05) is 31.0 Å². The van der Waals surface area contributed by atoms with Crippen molar-refractivity contribution in [2.75, 3.05) is 25.2 Å². The molecule has 24 heteroatoms. The van der Waals surface area contributed by atoms with Crippen LogP contribution in [0, 0.1) is 20.2 Å². The van der Waals surface area contributed by atoms with Crippen molar-refractivity contribution in [1.29, 1.82) is 0 Å². The molecule has 0 saturated heterocycles. The molecule has 0 heterocycles. The zero-order chi connectivity index (χ0) is 45.5. The van der Waals surface area contributed by atoms with Gasteiger partial charge in [0.2, 0.25) is 0 Å². The lowest BCUT2D eigenvalue weighted by molar-refractivity contribution is -0.385. The number of ether oxygens (including phenoxy) is 4. The van der Waals surface area contributed by atoms with Gasteiger partial charge in [-0.3, -0.25) is 29.6 Å². The average Bonchev–Trinajstić information content (AvgIpc) is 3.16. The Morgan fingerprint density at radius 1 is 0.900 bits per heavy atom. The van der Waals surface area contributed by atoms with Crippen LogP contribution in [0.15, 0.2) is 78.9 Å². The summed E-state index contributed by atoms with van der Waals surface area (Å²) in [6.45, 7) is 3.99. The first-order valence-corrected chi connectivity index (χ1v) is 19.8. The summed E-state index contributed by atoms with van der Waals surface area (Å²) < 4.78 is 69.4. The topological polar surface area (TPSA) is 284 Å². The second-order valence-corrected chi connectivity index (χ2v) is 15.3. The highest BCUT2D eigenvalue weighted by atomic mass is 35.5. The minimum Gasteiger partial charge on any atom is -0.480 e. The van der Waals surface area contributed by atoms with E-state index >= 15 is 0 Å². The van der Waals surface area contributed by atoms with Crippen LogP contribution in [0.3, 0.4) is 0 Å². The lowest BCUT2D eigenvalue weighted by Crippen LogP contribution is -2.30. The Balaban J connectivity index is 0.000000358. The third kappa shape index (κ3) is 16.0. The van der Waals surface area contributed by atoms with Crippen LogP contribution in [0.25, 0.3) is 0 Å². The molecule has 0 aromatic heterocycles. The van der Waals surface area contributed by atoms with Gasteiger partial charge in [-0.2, -0.15) is 13.2 Å². The lowest BCUT2D eigenvalue weighted by atomic mass is 10.1. The van der Waals surface area contributed by atoms with Crippen molar-refractivity contribution >= 4 is 65.5 Å². The van der Waals surface area contributed by atoms with Gasteiger partial charge in [0.25, 0.3) is 11.4 Å². The van der Waals surface area contributed by atoms with Crippen molar-refractivity contribution in [3.05, 3.63) is 120 Å². The molecule has 60 heavy (non-hydrogen) atoms. The highest BCUT2D eigenvalue weighted by Gasteiger charge is 2.31. The number of carbonyl (C=O) groups is 3. The molecule has 0 amide bonds. The van der Waals surface area contributed by atoms with Gasteiger partial charge in [0.05, 0.1) is 27.0 Å². The van der Waals surface area contributed by atoms with Crippen LogP contribution >= 0.6 is 30.6 Å². The maximum atomic E-state index is 12.8. The predicted octanol–water partition coefficient (Wildman–Crippen LogP) is 8.48. The first-order valence-electron chi connectivity index (χ1n) is 16.8. The Hall–Kier alpha value is -5.99. The molecule has 3 atom stereocenters. The zero-order valence-electron chi connectivity index (χ0n) is 31.5. The van der Waals surface area contributed by atoms with Gasteiger partial charge in [-0.25, -0.2) is 9.59 Å². The van der Waals surface area contributed by atoms with E-state index in [1.54, 1.807) is 31.2 Å². The van der Waals surface area contributed by atoms with Gasteiger partial charge in [-0.1, -0.05) is 41.4 Å². The maximum Gasteiger partial charge on any atom is 0.416 e. The number of nitro groups is 2. The molecule has 0 fully saturated rings. The molecule has 4 rings (SSSR count). The quantitative estimate of drug-likeness (QED) is 0.0303. The largest absolute Gasteiger partial charge is 0.480 e. The number of carboxylic acids is 1. The molecule has 324 valence electrons. The Morgan fingerprint density at radius 2 is 1.47 bits per heavy atom. The van der Waals surface area contributed by atoms with E-state index in [2.05, 4.69) is 0 Å². The van der Waals surface area contributed by atoms with Gasteiger partial charge >= 0.3 is 24.1 Å². The van der Waals surface area contributed by atoms with Crippen LogP contribution in [0.4, 0.5) is 30.2 Å². The molecule has 0 bridgehead atoms. The summed E-state index contributed by atoms with van der Waals surface area (Å²) in [4.78, 5) is 63.3. The number of aliphatic carboxylic acids is 1. The molecule has 0 aliphatic rings.